The average molecular weight is 397 g/mol. The molecule has 148 valence electrons. The molecule has 1 aromatic heterocycles. The average Bonchev–Trinajstić information content (AvgIpc) is 2.60. The molecule has 0 radical (unpaired) electrons. The lowest BCUT2D eigenvalue weighted by atomic mass is 10.1. The molecular weight excluding hydrogens is 374 g/mol. The second-order valence-electron chi connectivity index (χ2n) is 6.18. The molecule has 0 fully saturated rings. The monoisotopic (exact) mass is 397 g/mol. The number of H-pyrrole nitrogens is 2. The van der Waals surface area contributed by atoms with Crippen LogP contribution in [0.1, 0.15) is 11.1 Å². The van der Waals surface area contributed by atoms with Gasteiger partial charge in [0, 0.05) is 23.2 Å². The number of aliphatic hydroxyl groups excluding tert-OH is 4. The molecule has 7 N–H and O–H groups in total. The number of aromatic amines is 2. The maximum atomic E-state index is 11.5. The highest BCUT2D eigenvalue weighted by atomic mass is 32.2. The molecule has 3 atom stereocenters. The molecule has 0 unspecified atom stereocenters. The third kappa shape index (κ3) is 5.68. The van der Waals surface area contributed by atoms with Gasteiger partial charge in [-0.05, 0) is 37.1 Å². The number of anilines is 1. The number of hydrogen-bond acceptors (Lipinski definition) is 8. The highest BCUT2D eigenvalue weighted by molar-refractivity contribution is 7.99. The normalized spacial score (nSPS) is 14.6. The lowest BCUT2D eigenvalue weighted by Crippen LogP contribution is -2.42. The quantitative estimate of drug-likeness (QED) is 0.289. The molecule has 9 nitrogen and oxygen atoms in total. The summed E-state index contributed by atoms with van der Waals surface area (Å²) >= 11 is 1.16. The van der Waals surface area contributed by atoms with E-state index in [1.807, 2.05) is 26.0 Å². The number of aromatic nitrogens is 2. The standard InChI is InChI=1S/C17H23N3O6S/c1-8-3-10(18-6-11(22)16(25)12(23)7-21)13(4-9(8)2)27-15-5-14(24)19-17(26)20-15/h3-5,11-12,16,18,21-23,25H,6-7H2,1-2H3,(H2,19,20,24,26)/t11-,12+,16-/m0/s1. The van der Waals surface area contributed by atoms with Gasteiger partial charge in [0.05, 0.1) is 17.7 Å². The molecule has 0 bridgehead atoms. The van der Waals surface area contributed by atoms with Crippen LogP contribution in [0, 0.1) is 13.8 Å². The largest absolute Gasteiger partial charge is 0.394 e. The highest BCUT2D eigenvalue weighted by Gasteiger charge is 2.24. The van der Waals surface area contributed by atoms with Crippen LogP contribution in [0.2, 0.25) is 0 Å². The molecule has 27 heavy (non-hydrogen) atoms. The Morgan fingerprint density at radius 3 is 2.33 bits per heavy atom. The van der Waals surface area contributed by atoms with E-state index in [1.54, 1.807) is 0 Å². The van der Waals surface area contributed by atoms with Gasteiger partial charge in [-0.2, -0.15) is 0 Å². The summed E-state index contributed by atoms with van der Waals surface area (Å²) in [4.78, 5) is 28.3. The minimum absolute atomic E-state index is 0.0832. The van der Waals surface area contributed by atoms with Gasteiger partial charge in [-0.1, -0.05) is 11.8 Å². The zero-order chi connectivity index (χ0) is 20.1. The van der Waals surface area contributed by atoms with Gasteiger partial charge < -0.3 is 30.7 Å². The summed E-state index contributed by atoms with van der Waals surface area (Å²) < 4.78 is 0. The van der Waals surface area contributed by atoms with Crippen LogP contribution < -0.4 is 16.6 Å². The van der Waals surface area contributed by atoms with Gasteiger partial charge in [-0.3, -0.25) is 9.78 Å². The third-order valence-electron chi connectivity index (χ3n) is 4.03. The van der Waals surface area contributed by atoms with Crippen molar-refractivity contribution in [3.8, 4) is 0 Å². The first-order valence-electron chi connectivity index (χ1n) is 8.23. The van der Waals surface area contributed by atoms with Crippen molar-refractivity contribution in [2.45, 2.75) is 42.1 Å². The van der Waals surface area contributed by atoms with Crippen LogP contribution in [0.5, 0.6) is 0 Å². The molecule has 2 aromatic rings. The van der Waals surface area contributed by atoms with E-state index in [2.05, 4.69) is 15.3 Å². The fraction of sp³-hybridized carbons (Fsp3) is 0.412. The third-order valence-corrected chi connectivity index (χ3v) is 5.03. The molecule has 1 heterocycles. The Hall–Kier alpha value is -2.11. The summed E-state index contributed by atoms with van der Waals surface area (Å²) in [6, 6.07) is 4.97. The summed E-state index contributed by atoms with van der Waals surface area (Å²) in [5.74, 6) is 0. The van der Waals surface area contributed by atoms with Gasteiger partial charge in [0.15, 0.2) is 0 Å². The Kier molecular flexibility index (Phi) is 7.22. The first kappa shape index (κ1) is 21.2. The predicted molar refractivity (Wildman–Crippen MR) is 101 cm³/mol. The van der Waals surface area contributed by atoms with Crippen LogP contribution >= 0.6 is 11.8 Å². The molecule has 2 rings (SSSR count). The van der Waals surface area contributed by atoms with Crippen LogP contribution in [-0.4, -0.2) is 61.9 Å². The van der Waals surface area contributed by atoms with Crippen molar-refractivity contribution >= 4 is 17.4 Å². The lowest BCUT2D eigenvalue weighted by Gasteiger charge is -2.23. The summed E-state index contributed by atoms with van der Waals surface area (Å²) in [5.41, 5.74) is 1.46. The Morgan fingerprint density at radius 1 is 1.04 bits per heavy atom. The van der Waals surface area contributed by atoms with Crippen molar-refractivity contribution in [2.75, 3.05) is 18.5 Å². The van der Waals surface area contributed by atoms with Crippen molar-refractivity contribution in [2.24, 2.45) is 0 Å². The number of aryl methyl sites for hydroxylation is 2. The molecule has 0 spiro atoms. The predicted octanol–water partition coefficient (Wildman–Crippen LogP) is -0.682. The second kappa shape index (κ2) is 9.20. The summed E-state index contributed by atoms with van der Waals surface area (Å²) in [5, 5.41) is 41.3. The molecule has 10 heteroatoms. The van der Waals surface area contributed by atoms with E-state index in [4.69, 9.17) is 5.11 Å². The van der Waals surface area contributed by atoms with Gasteiger partial charge >= 0.3 is 5.69 Å². The van der Waals surface area contributed by atoms with Crippen molar-refractivity contribution in [1.29, 1.82) is 0 Å². The van der Waals surface area contributed by atoms with E-state index >= 15 is 0 Å². The zero-order valence-corrected chi connectivity index (χ0v) is 15.7. The minimum Gasteiger partial charge on any atom is -0.394 e. The fourth-order valence-corrected chi connectivity index (χ4v) is 3.36. The van der Waals surface area contributed by atoms with Gasteiger partial charge in [0.2, 0.25) is 0 Å². The van der Waals surface area contributed by atoms with Crippen LogP contribution in [0.15, 0.2) is 37.7 Å². The topological polar surface area (TPSA) is 159 Å². The maximum absolute atomic E-state index is 11.5. The number of aliphatic hydroxyl groups is 4. The first-order valence-corrected chi connectivity index (χ1v) is 9.04. The molecule has 0 amide bonds. The minimum atomic E-state index is -1.51. The second-order valence-corrected chi connectivity index (χ2v) is 7.26. The Balaban J connectivity index is 2.24. The van der Waals surface area contributed by atoms with Gasteiger partial charge in [0.1, 0.15) is 12.2 Å². The number of hydrogen-bond donors (Lipinski definition) is 7. The smallest absolute Gasteiger partial charge is 0.326 e. The molecule has 1 aromatic carbocycles. The summed E-state index contributed by atoms with van der Waals surface area (Å²) in [7, 11) is 0. The number of rotatable bonds is 8. The van der Waals surface area contributed by atoms with E-state index in [-0.39, 0.29) is 6.54 Å². The van der Waals surface area contributed by atoms with Gasteiger partial charge in [-0.15, -0.1) is 0 Å². The fourth-order valence-electron chi connectivity index (χ4n) is 2.33. The van der Waals surface area contributed by atoms with E-state index in [9.17, 15) is 24.9 Å². The molecule has 0 saturated carbocycles. The van der Waals surface area contributed by atoms with E-state index < -0.39 is 36.2 Å². The zero-order valence-electron chi connectivity index (χ0n) is 14.9. The summed E-state index contributed by atoms with van der Waals surface area (Å²) in [6.07, 6.45) is -4.27. The van der Waals surface area contributed by atoms with Crippen LogP contribution in [-0.2, 0) is 0 Å². The molecule has 0 saturated heterocycles. The van der Waals surface area contributed by atoms with Crippen LogP contribution in [0.25, 0.3) is 0 Å². The Labute approximate surface area is 159 Å². The van der Waals surface area contributed by atoms with Crippen molar-refractivity contribution in [3.05, 3.63) is 50.2 Å². The molecular formula is C17H23N3O6S. The van der Waals surface area contributed by atoms with Crippen LogP contribution in [0.4, 0.5) is 5.69 Å². The summed E-state index contributed by atoms with van der Waals surface area (Å²) in [6.45, 7) is 3.07. The van der Waals surface area contributed by atoms with Gasteiger partial charge in [0.25, 0.3) is 5.56 Å². The Bertz CT molecular complexity index is 869. The van der Waals surface area contributed by atoms with E-state index in [0.717, 1.165) is 22.9 Å². The first-order chi connectivity index (χ1) is 12.7. The van der Waals surface area contributed by atoms with Crippen molar-refractivity contribution < 1.29 is 20.4 Å². The molecule has 0 aliphatic carbocycles. The number of nitrogens with one attached hydrogen (secondary N) is 3. The van der Waals surface area contributed by atoms with E-state index in [1.165, 1.54) is 6.07 Å². The Morgan fingerprint density at radius 2 is 1.70 bits per heavy atom. The molecule has 0 aliphatic heterocycles. The van der Waals surface area contributed by atoms with Crippen molar-refractivity contribution in [1.82, 2.24) is 9.97 Å². The van der Waals surface area contributed by atoms with Gasteiger partial charge in [-0.25, -0.2) is 4.79 Å². The maximum Gasteiger partial charge on any atom is 0.326 e. The number of benzene rings is 1. The lowest BCUT2D eigenvalue weighted by molar-refractivity contribution is -0.0715. The van der Waals surface area contributed by atoms with Crippen LogP contribution in [0.3, 0.4) is 0 Å². The SMILES string of the molecule is Cc1cc(NC[C@H](O)[C@H](O)[C@H](O)CO)c(Sc2cc(=O)[nH]c(=O)[nH]2)cc1C. The van der Waals surface area contributed by atoms with Crippen molar-refractivity contribution in [3.63, 3.8) is 0 Å². The highest BCUT2D eigenvalue weighted by Crippen LogP contribution is 2.33. The van der Waals surface area contributed by atoms with E-state index in [0.29, 0.717) is 15.6 Å². The molecule has 0 aliphatic rings.